The lowest BCUT2D eigenvalue weighted by Gasteiger charge is -2.47. The third-order valence-corrected chi connectivity index (χ3v) is 9.09. The molecule has 41 heavy (non-hydrogen) atoms. The first kappa shape index (κ1) is 27.5. The molecule has 1 unspecified atom stereocenters. The third kappa shape index (κ3) is 5.25. The van der Waals surface area contributed by atoms with Crippen molar-refractivity contribution in [3.05, 3.63) is 53.7 Å². The number of ether oxygens (including phenoxy) is 1. The molecule has 0 bridgehead atoms. The van der Waals surface area contributed by atoms with Gasteiger partial charge < -0.3 is 19.8 Å². The van der Waals surface area contributed by atoms with E-state index < -0.39 is 5.60 Å². The normalized spacial score (nSPS) is 18.8. The van der Waals surface area contributed by atoms with Crippen molar-refractivity contribution >= 4 is 28.5 Å². The van der Waals surface area contributed by atoms with Gasteiger partial charge in [0.05, 0.1) is 17.1 Å². The van der Waals surface area contributed by atoms with E-state index >= 15 is 0 Å². The predicted octanol–water partition coefficient (Wildman–Crippen LogP) is 5.19. The minimum Gasteiger partial charge on any atom is -0.444 e. The summed E-state index contributed by atoms with van der Waals surface area (Å²) in [5.74, 6) is 0.465. The van der Waals surface area contributed by atoms with Gasteiger partial charge in [0.1, 0.15) is 17.7 Å². The van der Waals surface area contributed by atoms with Crippen LogP contribution in [0.15, 0.2) is 36.8 Å². The van der Waals surface area contributed by atoms with Gasteiger partial charge >= 0.3 is 6.09 Å². The highest BCUT2D eigenvalue weighted by Crippen LogP contribution is 2.42. The maximum absolute atomic E-state index is 12.6. The van der Waals surface area contributed by atoms with Gasteiger partial charge in [-0.25, -0.2) is 19.4 Å². The summed E-state index contributed by atoms with van der Waals surface area (Å²) in [6.07, 6.45) is 7.90. The number of pyridine rings is 1. The summed E-state index contributed by atoms with van der Waals surface area (Å²) in [7, 11) is 0. The number of nitrogen functional groups attached to an aromatic ring is 1. The third-order valence-electron chi connectivity index (χ3n) is 9.09. The van der Waals surface area contributed by atoms with Gasteiger partial charge in [0.15, 0.2) is 5.65 Å². The number of anilines is 1. The highest BCUT2D eigenvalue weighted by Gasteiger charge is 2.39. The number of aryl methyl sites for hydroxylation is 1. The Morgan fingerprint density at radius 1 is 1.10 bits per heavy atom. The molecular weight excluding hydrogens is 516 g/mol. The molecule has 2 fully saturated rings. The van der Waals surface area contributed by atoms with Crippen molar-refractivity contribution < 1.29 is 9.53 Å². The number of hydrogen-bond donors (Lipinski definition) is 1. The van der Waals surface area contributed by atoms with Crippen LogP contribution in [0.1, 0.15) is 76.4 Å². The minimum atomic E-state index is -0.457. The zero-order valence-corrected chi connectivity index (χ0v) is 24.9. The van der Waals surface area contributed by atoms with Crippen molar-refractivity contribution in [1.82, 2.24) is 33.9 Å². The summed E-state index contributed by atoms with van der Waals surface area (Å²) >= 11 is 0. The summed E-state index contributed by atoms with van der Waals surface area (Å²) in [5, 5.41) is 5.68. The van der Waals surface area contributed by atoms with Crippen molar-refractivity contribution in [3.8, 4) is 0 Å². The topological polar surface area (TPSA) is 107 Å². The SMILES string of the molecule is Cc1nn(C(C)c2cc3ccccn3c2CN2CCC3(CC2)CCN(C(=O)OC(C)(C)C)CC3)c2ncnc(N)c12. The van der Waals surface area contributed by atoms with E-state index in [-0.39, 0.29) is 12.1 Å². The molecule has 218 valence electrons. The molecule has 0 saturated carbocycles. The van der Waals surface area contributed by atoms with Gasteiger partial charge in [-0.1, -0.05) is 6.07 Å². The highest BCUT2D eigenvalue weighted by molar-refractivity contribution is 5.88. The molecule has 2 aliphatic heterocycles. The first-order valence-corrected chi connectivity index (χ1v) is 14.8. The van der Waals surface area contributed by atoms with Crippen molar-refractivity contribution in [2.45, 2.75) is 78.5 Å². The van der Waals surface area contributed by atoms with E-state index in [0.717, 1.165) is 75.1 Å². The first-order valence-electron chi connectivity index (χ1n) is 14.8. The number of nitrogens with zero attached hydrogens (tertiary/aromatic N) is 7. The second-order valence-corrected chi connectivity index (χ2v) is 12.9. The Labute approximate surface area is 241 Å². The van der Waals surface area contributed by atoms with Crippen LogP contribution in [0.25, 0.3) is 16.6 Å². The Morgan fingerprint density at radius 2 is 1.80 bits per heavy atom. The molecular formula is C31H42N8O2. The van der Waals surface area contributed by atoms with Crippen LogP contribution in [-0.2, 0) is 11.3 Å². The molecule has 10 heteroatoms. The quantitative estimate of drug-likeness (QED) is 0.367. The molecule has 1 spiro atoms. The van der Waals surface area contributed by atoms with Crippen molar-refractivity contribution in [1.29, 1.82) is 0 Å². The summed E-state index contributed by atoms with van der Waals surface area (Å²) in [6.45, 7) is 14.5. The number of piperidine rings is 2. The second kappa shape index (κ2) is 10.3. The Kier molecular flexibility index (Phi) is 6.92. The molecule has 0 aromatic carbocycles. The maximum atomic E-state index is 12.6. The predicted molar refractivity (Wildman–Crippen MR) is 160 cm³/mol. The summed E-state index contributed by atoms with van der Waals surface area (Å²) in [6, 6.07) is 8.60. The largest absolute Gasteiger partial charge is 0.444 e. The van der Waals surface area contributed by atoms with Crippen LogP contribution in [0.4, 0.5) is 10.6 Å². The molecule has 2 aliphatic rings. The number of likely N-dealkylation sites (tertiary alicyclic amines) is 2. The number of fused-ring (bicyclic) bond motifs is 2. The van der Waals surface area contributed by atoms with E-state index in [1.807, 2.05) is 37.3 Å². The lowest BCUT2D eigenvalue weighted by Crippen LogP contribution is -2.49. The summed E-state index contributed by atoms with van der Waals surface area (Å²) in [4.78, 5) is 25.8. The molecule has 10 nitrogen and oxygen atoms in total. The second-order valence-electron chi connectivity index (χ2n) is 12.9. The molecule has 6 heterocycles. The molecule has 4 aromatic rings. The van der Waals surface area contributed by atoms with Crippen LogP contribution in [0.5, 0.6) is 0 Å². The van der Waals surface area contributed by atoms with Gasteiger partial charge in [0.2, 0.25) is 0 Å². The molecule has 0 aliphatic carbocycles. The van der Waals surface area contributed by atoms with Gasteiger partial charge in [0.25, 0.3) is 0 Å². The van der Waals surface area contributed by atoms with Crippen LogP contribution in [-0.4, -0.2) is 71.8 Å². The van der Waals surface area contributed by atoms with Gasteiger partial charge in [-0.2, -0.15) is 5.10 Å². The Bertz CT molecular complexity index is 1560. The van der Waals surface area contributed by atoms with Crippen LogP contribution in [0.2, 0.25) is 0 Å². The fraction of sp³-hybridized carbons (Fsp3) is 0.548. The average Bonchev–Trinajstić information content (AvgIpc) is 3.47. The van der Waals surface area contributed by atoms with E-state index in [1.54, 1.807) is 0 Å². The molecule has 2 saturated heterocycles. The number of aromatic nitrogens is 5. The van der Waals surface area contributed by atoms with Crippen LogP contribution in [0, 0.1) is 12.3 Å². The maximum Gasteiger partial charge on any atom is 0.410 e. The molecule has 6 rings (SSSR count). The minimum absolute atomic E-state index is 0.0243. The number of amides is 1. The van der Waals surface area contributed by atoms with Crippen molar-refractivity contribution in [3.63, 3.8) is 0 Å². The fourth-order valence-electron chi connectivity index (χ4n) is 6.69. The van der Waals surface area contributed by atoms with Gasteiger partial charge in [-0.3, -0.25) is 4.90 Å². The Morgan fingerprint density at radius 3 is 2.51 bits per heavy atom. The Balaban J connectivity index is 1.19. The van der Waals surface area contributed by atoms with Crippen molar-refractivity contribution in [2.75, 3.05) is 31.9 Å². The monoisotopic (exact) mass is 558 g/mol. The lowest BCUT2D eigenvalue weighted by atomic mass is 9.71. The van der Waals surface area contributed by atoms with Crippen LogP contribution < -0.4 is 5.73 Å². The van der Waals surface area contributed by atoms with Crippen LogP contribution >= 0.6 is 0 Å². The van der Waals surface area contributed by atoms with Crippen molar-refractivity contribution in [2.24, 2.45) is 5.41 Å². The van der Waals surface area contributed by atoms with E-state index in [9.17, 15) is 4.79 Å². The van der Waals surface area contributed by atoms with Gasteiger partial charge in [-0.05, 0) is 103 Å². The smallest absolute Gasteiger partial charge is 0.410 e. The molecule has 1 atom stereocenters. The zero-order valence-electron chi connectivity index (χ0n) is 24.9. The molecule has 0 radical (unpaired) electrons. The molecule has 2 N–H and O–H groups in total. The summed E-state index contributed by atoms with van der Waals surface area (Å²) in [5.41, 5.74) is 11.4. The number of carbonyl (C=O) groups excluding carboxylic acids is 1. The fourth-order valence-corrected chi connectivity index (χ4v) is 6.69. The highest BCUT2D eigenvalue weighted by atomic mass is 16.6. The molecule has 1 amide bonds. The Hall–Kier alpha value is -3.66. The number of rotatable bonds is 4. The van der Waals surface area contributed by atoms with E-state index in [2.05, 4.69) is 56.7 Å². The van der Waals surface area contributed by atoms with E-state index in [0.29, 0.717) is 11.2 Å². The van der Waals surface area contributed by atoms with E-state index in [1.165, 1.54) is 23.1 Å². The number of hydrogen-bond acceptors (Lipinski definition) is 7. The van der Waals surface area contributed by atoms with Gasteiger partial charge in [0, 0.05) is 37.0 Å². The lowest BCUT2D eigenvalue weighted by molar-refractivity contribution is -0.00326. The standard InChI is InChI=1S/C31H42N8O2/c1-21-26-27(32)33-20-34-28(26)39(35-21)22(2)24-18-23-8-6-7-13-38(23)25(24)19-36-14-9-31(10-15-36)11-16-37(17-12-31)29(40)41-30(3,4)5/h6-8,13,18,20,22H,9-12,14-17,19H2,1-5H3,(H2,32,33,34). The number of nitrogens with two attached hydrogens (primary N) is 1. The summed E-state index contributed by atoms with van der Waals surface area (Å²) < 4.78 is 9.92. The van der Waals surface area contributed by atoms with E-state index in [4.69, 9.17) is 15.6 Å². The average molecular weight is 559 g/mol. The van der Waals surface area contributed by atoms with Gasteiger partial charge in [-0.15, -0.1) is 0 Å². The zero-order chi connectivity index (χ0) is 28.9. The number of carbonyl (C=O) groups is 1. The molecule has 4 aromatic heterocycles. The first-order chi connectivity index (χ1) is 19.5. The van der Waals surface area contributed by atoms with Crippen LogP contribution in [0.3, 0.4) is 0 Å².